The van der Waals surface area contributed by atoms with Crippen LogP contribution in [0.3, 0.4) is 0 Å². The van der Waals surface area contributed by atoms with Gasteiger partial charge in [0.15, 0.2) is 0 Å². The molecule has 0 spiro atoms. The molecule has 0 unspecified atom stereocenters. The average Bonchev–Trinajstić information content (AvgIpc) is 2.59. The molecule has 25 heavy (non-hydrogen) atoms. The summed E-state index contributed by atoms with van der Waals surface area (Å²) < 4.78 is 42.8. The van der Waals surface area contributed by atoms with Gasteiger partial charge in [0, 0.05) is 24.8 Å². The minimum atomic E-state index is -4.37. The zero-order valence-corrected chi connectivity index (χ0v) is 13.6. The Balaban J connectivity index is 1.83. The summed E-state index contributed by atoms with van der Waals surface area (Å²) in [7, 11) is 0. The van der Waals surface area contributed by atoms with Gasteiger partial charge in [-0.15, -0.1) is 0 Å². The number of rotatable bonds is 6. The molecular formula is C17H18F3N3O2. The molecule has 8 heteroatoms. The SMILES string of the molecule is CCOc1ncccc1CNC(=O)NCc1ccc(C(F)(F)F)cc1. The summed E-state index contributed by atoms with van der Waals surface area (Å²) in [4.78, 5) is 15.9. The lowest BCUT2D eigenvalue weighted by Gasteiger charge is -2.11. The molecule has 0 aliphatic carbocycles. The second-order valence-corrected chi connectivity index (χ2v) is 5.13. The number of hydrogen-bond acceptors (Lipinski definition) is 3. The fourth-order valence-corrected chi connectivity index (χ4v) is 2.06. The van der Waals surface area contributed by atoms with Crippen molar-refractivity contribution in [2.75, 3.05) is 6.61 Å². The molecule has 134 valence electrons. The Morgan fingerprint density at radius 3 is 2.44 bits per heavy atom. The molecule has 0 aliphatic rings. The van der Waals surface area contributed by atoms with E-state index in [4.69, 9.17) is 4.74 Å². The molecule has 0 saturated heterocycles. The Morgan fingerprint density at radius 2 is 1.80 bits per heavy atom. The maximum atomic E-state index is 12.5. The van der Waals surface area contributed by atoms with Crippen LogP contribution in [0.5, 0.6) is 5.88 Å². The number of nitrogens with one attached hydrogen (secondary N) is 2. The van der Waals surface area contributed by atoms with Gasteiger partial charge in [-0.25, -0.2) is 9.78 Å². The summed E-state index contributed by atoms with van der Waals surface area (Å²) in [6, 6.07) is 7.71. The zero-order valence-electron chi connectivity index (χ0n) is 13.6. The highest BCUT2D eigenvalue weighted by atomic mass is 19.4. The van der Waals surface area contributed by atoms with Gasteiger partial charge in [0.25, 0.3) is 0 Å². The van der Waals surface area contributed by atoms with Crippen molar-refractivity contribution in [2.24, 2.45) is 0 Å². The standard InChI is InChI=1S/C17H18F3N3O2/c1-2-25-15-13(4-3-9-21-15)11-23-16(24)22-10-12-5-7-14(8-6-12)17(18,19)20/h3-9H,2,10-11H2,1H3,(H2,22,23,24). The van der Waals surface area contributed by atoms with Crippen LogP contribution in [0.15, 0.2) is 42.6 Å². The van der Waals surface area contributed by atoms with Gasteiger partial charge in [0.05, 0.1) is 12.2 Å². The van der Waals surface area contributed by atoms with E-state index >= 15 is 0 Å². The molecule has 2 N–H and O–H groups in total. The van der Waals surface area contributed by atoms with E-state index in [1.807, 2.05) is 6.92 Å². The average molecular weight is 353 g/mol. The molecule has 0 atom stereocenters. The molecule has 1 heterocycles. The van der Waals surface area contributed by atoms with Gasteiger partial charge in [-0.05, 0) is 30.7 Å². The number of ether oxygens (including phenoxy) is 1. The predicted molar refractivity (Wildman–Crippen MR) is 85.9 cm³/mol. The first kappa shape index (κ1) is 18.6. The van der Waals surface area contributed by atoms with E-state index in [2.05, 4.69) is 15.6 Å². The third kappa shape index (κ3) is 5.66. The number of hydrogen-bond donors (Lipinski definition) is 2. The highest BCUT2D eigenvalue weighted by Crippen LogP contribution is 2.29. The lowest BCUT2D eigenvalue weighted by atomic mass is 10.1. The Morgan fingerprint density at radius 1 is 1.12 bits per heavy atom. The molecule has 0 radical (unpaired) electrons. The Labute approximate surface area is 143 Å². The fourth-order valence-electron chi connectivity index (χ4n) is 2.06. The van der Waals surface area contributed by atoms with E-state index in [0.717, 1.165) is 17.7 Å². The van der Waals surface area contributed by atoms with Gasteiger partial charge in [0.1, 0.15) is 0 Å². The predicted octanol–water partition coefficient (Wildman–Crippen LogP) is 3.50. The molecule has 0 aliphatic heterocycles. The van der Waals surface area contributed by atoms with E-state index in [0.29, 0.717) is 18.1 Å². The van der Waals surface area contributed by atoms with Crippen LogP contribution in [0.1, 0.15) is 23.6 Å². The maximum Gasteiger partial charge on any atom is 0.416 e. The van der Waals surface area contributed by atoms with Gasteiger partial charge in [-0.1, -0.05) is 18.2 Å². The summed E-state index contributed by atoms with van der Waals surface area (Å²) >= 11 is 0. The first-order valence-corrected chi connectivity index (χ1v) is 7.64. The van der Waals surface area contributed by atoms with Crippen molar-refractivity contribution in [1.82, 2.24) is 15.6 Å². The number of carbonyl (C=O) groups excluding carboxylic acids is 1. The summed E-state index contributed by atoms with van der Waals surface area (Å²) in [5.41, 5.74) is 0.578. The number of nitrogens with zero attached hydrogens (tertiary/aromatic N) is 1. The third-order valence-electron chi connectivity index (χ3n) is 3.30. The summed E-state index contributed by atoms with van der Waals surface area (Å²) in [5, 5.41) is 5.24. The van der Waals surface area contributed by atoms with E-state index < -0.39 is 17.8 Å². The quantitative estimate of drug-likeness (QED) is 0.836. The largest absolute Gasteiger partial charge is 0.478 e. The first-order valence-electron chi connectivity index (χ1n) is 7.64. The van der Waals surface area contributed by atoms with Crippen LogP contribution in [-0.4, -0.2) is 17.6 Å². The Kier molecular flexibility index (Phi) is 6.21. The van der Waals surface area contributed by atoms with Crippen LogP contribution in [0.2, 0.25) is 0 Å². The highest BCUT2D eigenvalue weighted by molar-refractivity contribution is 5.73. The van der Waals surface area contributed by atoms with E-state index in [-0.39, 0.29) is 13.1 Å². The number of pyridine rings is 1. The number of carbonyl (C=O) groups is 1. The van der Waals surface area contributed by atoms with E-state index in [1.54, 1.807) is 18.3 Å². The summed E-state index contributed by atoms with van der Waals surface area (Å²) in [5.74, 6) is 0.452. The number of urea groups is 1. The molecule has 1 aromatic heterocycles. The van der Waals surface area contributed by atoms with Crippen LogP contribution in [0, 0.1) is 0 Å². The molecule has 2 amide bonds. The zero-order chi connectivity index (χ0) is 18.3. The van der Waals surface area contributed by atoms with Crippen molar-refractivity contribution in [2.45, 2.75) is 26.2 Å². The second-order valence-electron chi connectivity index (χ2n) is 5.13. The molecule has 1 aromatic carbocycles. The molecule has 2 rings (SSSR count). The van der Waals surface area contributed by atoms with E-state index in [1.165, 1.54) is 12.1 Å². The monoisotopic (exact) mass is 353 g/mol. The number of benzene rings is 1. The number of amides is 2. The van der Waals surface area contributed by atoms with Crippen LogP contribution in [0.25, 0.3) is 0 Å². The van der Waals surface area contributed by atoms with Crippen LogP contribution >= 0.6 is 0 Å². The third-order valence-corrected chi connectivity index (χ3v) is 3.30. The van der Waals surface area contributed by atoms with Crippen molar-refractivity contribution in [3.05, 3.63) is 59.3 Å². The number of aromatic nitrogens is 1. The van der Waals surface area contributed by atoms with Crippen molar-refractivity contribution in [3.63, 3.8) is 0 Å². The lowest BCUT2D eigenvalue weighted by molar-refractivity contribution is -0.137. The smallest absolute Gasteiger partial charge is 0.416 e. The fraction of sp³-hybridized carbons (Fsp3) is 0.294. The Hall–Kier alpha value is -2.77. The van der Waals surface area contributed by atoms with Crippen LogP contribution in [-0.2, 0) is 19.3 Å². The van der Waals surface area contributed by atoms with Gasteiger partial charge in [0.2, 0.25) is 5.88 Å². The van der Waals surface area contributed by atoms with Crippen molar-refractivity contribution < 1.29 is 22.7 Å². The van der Waals surface area contributed by atoms with Gasteiger partial charge >= 0.3 is 12.2 Å². The number of halogens is 3. The molecule has 0 fully saturated rings. The molecule has 0 saturated carbocycles. The summed E-state index contributed by atoms with van der Waals surface area (Å²) in [6.07, 6.45) is -2.77. The molecular weight excluding hydrogens is 335 g/mol. The maximum absolute atomic E-state index is 12.5. The van der Waals surface area contributed by atoms with Crippen molar-refractivity contribution in [3.8, 4) is 5.88 Å². The minimum absolute atomic E-state index is 0.120. The summed E-state index contributed by atoms with van der Waals surface area (Å²) in [6.45, 7) is 2.64. The van der Waals surface area contributed by atoms with Gasteiger partial charge in [-0.3, -0.25) is 0 Å². The topological polar surface area (TPSA) is 63.2 Å². The van der Waals surface area contributed by atoms with Crippen LogP contribution < -0.4 is 15.4 Å². The highest BCUT2D eigenvalue weighted by Gasteiger charge is 2.29. The van der Waals surface area contributed by atoms with E-state index in [9.17, 15) is 18.0 Å². The Bertz CT molecular complexity index is 703. The molecule has 0 bridgehead atoms. The molecule has 2 aromatic rings. The van der Waals surface area contributed by atoms with Gasteiger partial charge in [-0.2, -0.15) is 13.2 Å². The minimum Gasteiger partial charge on any atom is -0.478 e. The first-order chi connectivity index (χ1) is 11.9. The van der Waals surface area contributed by atoms with Crippen LogP contribution in [0.4, 0.5) is 18.0 Å². The second kappa shape index (κ2) is 8.36. The normalized spacial score (nSPS) is 11.0. The van der Waals surface area contributed by atoms with Crippen molar-refractivity contribution in [1.29, 1.82) is 0 Å². The number of alkyl halides is 3. The van der Waals surface area contributed by atoms with Gasteiger partial charge < -0.3 is 15.4 Å². The lowest BCUT2D eigenvalue weighted by Crippen LogP contribution is -2.34. The molecule has 5 nitrogen and oxygen atoms in total. The van der Waals surface area contributed by atoms with Crippen molar-refractivity contribution >= 4 is 6.03 Å².